The number of carbonyl (C=O) groups is 1. The summed E-state index contributed by atoms with van der Waals surface area (Å²) >= 11 is 0. The van der Waals surface area contributed by atoms with E-state index in [-0.39, 0.29) is 24.2 Å². The van der Waals surface area contributed by atoms with Crippen molar-refractivity contribution in [2.45, 2.75) is 50.9 Å². The molecule has 2 rings (SSSR count). The minimum absolute atomic E-state index is 0.148. The summed E-state index contributed by atoms with van der Waals surface area (Å²) in [5, 5.41) is 0. The second kappa shape index (κ2) is 4.49. The molecule has 2 saturated heterocycles. The summed E-state index contributed by atoms with van der Waals surface area (Å²) in [5.74, 6) is 0.148. The average molecular weight is 212 g/mol. The van der Waals surface area contributed by atoms with Gasteiger partial charge >= 0.3 is 0 Å². The fourth-order valence-corrected chi connectivity index (χ4v) is 2.40. The Balaban J connectivity index is 1.89. The summed E-state index contributed by atoms with van der Waals surface area (Å²) in [6.45, 7) is 3.57. The zero-order valence-electron chi connectivity index (χ0n) is 9.32. The summed E-state index contributed by atoms with van der Waals surface area (Å²) in [7, 11) is 0. The number of amides is 1. The molecule has 0 radical (unpaired) electrons. The Kier molecular flexibility index (Phi) is 3.26. The van der Waals surface area contributed by atoms with E-state index in [0.29, 0.717) is 6.54 Å². The van der Waals surface area contributed by atoms with Gasteiger partial charge in [-0.2, -0.15) is 0 Å². The van der Waals surface area contributed by atoms with Crippen LogP contribution in [0, 0.1) is 0 Å². The van der Waals surface area contributed by atoms with E-state index < -0.39 is 0 Å². The first-order chi connectivity index (χ1) is 7.16. The van der Waals surface area contributed by atoms with Crippen LogP contribution in [0.1, 0.15) is 32.6 Å². The van der Waals surface area contributed by atoms with Gasteiger partial charge < -0.3 is 15.4 Å². The van der Waals surface area contributed by atoms with Crippen molar-refractivity contribution in [2.24, 2.45) is 5.73 Å². The minimum Gasteiger partial charge on any atom is -0.365 e. The number of likely N-dealkylation sites (tertiary alicyclic amines) is 1. The molecular weight excluding hydrogens is 192 g/mol. The molecule has 2 aliphatic heterocycles. The first-order valence-electron chi connectivity index (χ1n) is 5.86. The maximum absolute atomic E-state index is 12.0. The van der Waals surface area contributed by atoms with Gasteiger partial charge in [-0.3, -0.25) is 4.79 Å². The van der Waals surface area contributed by atoms with E-state index in [1.54, 1.807) is 0 Å². The fraction of sp³-hybridized carbons (Fsp3) is 0.909. The summed E-state index contributed by atoms with van der Waals surface area (Å²) in [6, 6.07) is 0.154. The second-order valence-electron chi connectivity index (χ2n) is 4.70. The third-order valence-electron chi connectivity index (χ3n) is 3.28. The van der Waals surface area contributed by atoms with Crippen LogP contribution in [0.5, 0.6) is 0 Å². The number of nitrogens with two attached hydrogens (primary N) is 1. The van der Waals surface area contributed by atoms with E-state index in [4.69, 9.17) is 10.5 Å². The topological polar surface area (TPSA) is 55.6 Å². The molecular formula is C11H20N2O2. The normalized spacial score (nSPS) is 36.9. The molecule has 0 bridgehead atoms. The highest BCUT2D eigenvalue weighted by Gasteiger charge is 2.33. The molecule has 2 fully saturated rings. The van der Waals surface area contributed by atoms with Crippen LogP contribution in [0.4, 0.5) is 0 Å². The van der Waals surface area contributed by atoms with Crippen LogP contribution in [0.25, 0.3) is 0 Å². The molecule has 2 unspecified atom stereocenters. The molecule has 4 heteroatoms. The van der Waals surface area contributed by atoms with Crippen LogP contribution in [-0.4, -0.2) is 42.1 Å². The Morgan fingerprint density at radius 2 is 2.20 bits per heavy atom. The number of hydrogen-bond donors (Lipinski definition) is 1. The maximum Gasteiger partial charge on any atom is 0.251 e. The fourth-order valence-electron chi connectivity index (χ4n) is 2.40. The Labute approximate surface area is 90.8 Å². The van der Waals surface area contributed by atoms with E-state index >= 15 is 0 Å². The molecule has 0 aromatic rings. The molecule has 2 N–H and O–H groups in total. The third kappa shape index (κ3) is 2.49. The number of rotatable bonds is 1. The zero-order valence-corrected chi connectivity index (χ0v) is 9.32. The van der Waals surface area contributed by atoms with Crippen molar-refractivity contribution in [1.82, 2.24) is 4.90 Å². The number of carbonyl (C=O) groups excluding carboxylic acids is 1. The molecule has 0 saturated carbocycles. The Morgan fingerprint density at radius 3 is 2.80 bits per heavy atom. The Hall–Kier alpha value is -0.610. The van der Waals surface area contributed by atoms with Crippen molar-refractivity contribution >= 4 is 5.91 Å². The van der Waals surface area contributed by atoms with E-state index in [0.717, 1.165) is 32.2 Å². The number of piperidine rings is 1. The van der Waals surface area contributed by atoms with Crippen LogP contribution in [0.2, 0.25) is 0 Å². The van der Waals surface area contributed by atoms with Gasteiger partial charge in [0.05, 0.1) is 6.10 Å². The van der Waals surface area contributed by atoms with Crippen molar-refractivity contribution in [3.63, 3.8) is 0 Å². The van der Waals surface area contributed by atoms with Gasteiger partial charge in [-0.1, -0.05) is 0 Å². The molecule has 15 heavy (non-hydrogen) atoms. The van der Waals surface area contributed by atoms with Gasteiger partial charge in [-0.25, -0.2) is 0 Å². The van der Waals surface area contributed by atoms with Gasteiger partial charge in [0.2, 0.25) is 0 Å². The summed E-state index contributed by atoms with van der Waals surface area (Å²) in [4.78, 5) is 13.9. The predicted octanol–water partition coefficient (Wildman–Crippen LogP) is 0.504. The zero-order chi connectivity index (χ0) is 10.8. The van der Waals surface area contributed by atoms with Crippen LogP contribution in [0.15, 0.2) is 0 Å². The smallest absolute Gasteiger partial charge is 0.251 e. The molecule has 0 aliphatic carbocycles. The van der Waals surface area contributed by atoms with Crippen molar-refractivity contribution in [3.8, 4) is 0 Å². The lowest BCUT2D eigenvalue weighted by Gasteiger charge is -2.32. The van der Waals surface area contributed by atoms with Crippen LogP contribution < -0.4 is 5.73 Å². The van der Waals surface area contributed by atoms with Gasteiger partial charge in [0, 0.05) is 19.1 Å². The molecule has 3 atom stereocenters. The molecule has 0 spiro atoms. The average Bonchev–Trinajstić information content (AvgIpc) is 2.64. The molecule has 0 aromatic heterocycles. The van der Waals surface area contributed by atoms with Crippen molar-refractivity contribution in [1.29, 1.82) is 0 Å². The Morgan fingerprint density at radius 1 is 1.40 bits per heavy atom. The molecule has 0 aromatic carbocycles. The van der Waals surface area contributed by atoms with E-state index in [1.165, 1.54) is 0 Å². The van der Waals surface area contributed by atoms with Gasteiger partial charge in [-0.05, 0) is 32.6 Å². The van der Waals surface area contributed by atoms with Gasteiger partial charge in [0.1, 0.15) is 6.10 Å². The van der Waals surface area contributed by atoms with Crippen molar-refractivity contribution < 1.29 is 9.53 Å². The lowest BCUT2D eigenvalue weighted by atomic mass is 10.1. The Bertz CT molecular complexity index is 245. The predicted molar refractivity (Wildman–Crippen MR) is 57.4 cm³/mol. The quantitative estimate of drug-likeness (QED) is 0.688. The number of hydrogen-bond acceptors (Lipinski definition) is 3. The SMILES string of the molecule is CC1CCC(C(=O)N2CCC[C@@H](N)C2)O1. The van der Waals surface area contributed by atoms with Crippen LogP contribution in [0.3, 0.4) is 0 Å². The standard InChI is InChI=1S/C11H20N2O2/c1-8-4-5-10(15-8)11(14)13-6-2-3-9(12)7-13/h8-10H,2-7,12H2,1H3/t8?,9-,10?/m1/s1. The third-order valence-corrected chi connectivity index (χ3v) is 3.28. The van der Waals surface area contributed by atoms with E-state index in [2.05, 4.69) is 0 Å². The summed E-state index contributed by atoms with van der Waals surface area (Å²) in [5.41, 5.74) is 5.85. The highest BCUT2D eigenvalue weighted by Crippen LogP contribution is 2.22. The van der Waals surface area contributed by atoms with Gasteiger partial charge in [-0.15, -0.1) is 0 Å². The molecule has 86 valence electrons. The first-order valence-corrected chi connectivity index (χ1v) is 5.86. The van der Waals surface area contributed by atoms with Gasteiger partial charge in [0.15, 0.2) is 0 Å². The summed E-state index contributed by atoms with van der Waals surface area (Å²) in [6.07, 6.45) is 3.95. The van der Waals surface area contributed by atoms with E-state index in [9.17, 15) is 4.79 Å². The molecule has 1 amide bonds. The van der Waals surface area contributed by atoms with Crippen LogP contribution >= 0.6 is 0 Å². The maximum atomic E-state index is 12.0. The number of nitrogens with zero attached hydrogens (tertiary/aromatic N) is 1. The first kappa shape index (κ1) is 10.9. The summed E-state index contributed by atoms with van der Waals surface area (Å²) < 4.78 is 5.58. The molecule has 2 aliphatic rings. The highest BCUT2D eigenvalue weighted by molar-refractivity contribution is 5.81. The second-order valence-corrected chi connectivity index (χ2v) is 4.70. The van der Waals surface area contributed by atoms with Gasteiger partial charge in [0.25, 0.3) is 5.91 Å². The van der Waals surface area contributed by atoms with Crippen LogP contribution in [-0.2, 0) is 9.53 Å². The lowest BCUT2D eigenvalue weighted by Crippen LogP contribution is -2.49. The highest BCUT2D eigenvalue weighted by atomic mass is 16.5. The lowest BCUT2D eigenvalue weighted by molar-refractivity contribution is -0.143. The number of ether oxygens (including phenoxy) is 1. The van der Waals surface area contributed by atoms with Crippen molar-refractivity contribution in [2.75, 3.05) is 13.1 Å². The monoisotopic (exact) mass is 212 g/mol. The van der Waals surface area contributed by atoms with Crippen molar-refractivity contribution in [3.05, 3.63) is 0 Å². The molecule has 4 nitrogen and oxygen atoms in total. The largest absolute Gasteiger partial charge is 0.365 e. The van der Waals surface area contributed by atoms with E-state index in [1.807, 2.05) is 11.8 Å². The minimum atomic E-state index is -0.203. The molecule has 2 heterocycles.